The SMILES string of the molecule is CC(C)[C@@H](C)[C@@H]1O[C@H]1[C@@]1(O)CC=C[C@@H]2C[C@H]3C4=CC(=O)[C@@]5(C[C@@H](O)[C@](O)(CO)C[C@]35C)[C@H](O)SS[C@H](CO)[C@H]3CCC[C@@H](CO)[C@]35CCN(C5=O)c3cc(O)cc(c3)CC[C@]23[C@@H]1CC[C@@]43O. The molecule has 6 fully saturated rings. The first-order chi connectivity index (χ1) is 31.3. The Hall–Kier alpha value is -2.02. The third-order valence-corrected chi connectivity index (χ3v) is 23.3. The molecule has 66 heavy (non-hydrogen) atoms. The fraction of sp³-hybridized carbons (Fsp3) is 0.765. The lowest BCUT2D eigenvalue weighted by atomic mass is 9.38. The van der Waals surface area contributed by atoms with Gasteiger partial charge in [-0.3, -0.25) is 9.59 Å². The first-order valence-corrected chi connectivity index (χ1v) is 27.0. The molecule has 15 heteroatoms. The van der Waals surface area contributed by atoms with Gasteiger partial charge in [0.1, 0.15) is 28.5 Å². The molecule has 5 aliphatic heterocycles. The maximum Gasteiger partial charge on any atom is 0.233 e. The Kier molecular flexibility index (Phi) is 11.7. The highest BCUT2D eigenvalue weighted by molar-refractivity contribution is 8.77. The Balaban J connectivity index is 1.18. The monoisotopic (exact) mass is 953 g/mol. The largest absolute Gasteiger partial charge is 0.508 e. The van der Waals surface area contributed by atoms with Gasteiger partial charge in [-0.1, -0.05) is 67.9 Å². The topological polar surface area (TPSA) is 232 Å². The minimum atomic E-state index is -2.03. The number of epoxide rings is 1. The van der Waals surface area contributed by atoms with Crippen molar-refractivity contribution in [2.45, 2.75) is 151 Å². The highest BCUT2D eigenvalue weighted by Crippen LogP contribution is 2.76. The summed E-state index contributed by atoms with van der Waals surface area (Å²) in [7, 11) is 2.22. The number of carbonyl (C=O) groups excluding carboxylic acids is 2. The molecule has 6 aliphatic carbocycles. The van der Waals surface area contributed by atoms with Gasteiger partial charge in [0.05, 0.1) is 41.9 Å². The molecule has 4 saturated carbocycles. The lowest BCUT2D eigenvalue weighted by Gasteiger charge is -2.68. The van der Waals surface area contributed by atoms with Gasteiger partial charge in [0, 0.05) is 41.5 Å². The van der Waals surface area contributed by atoms with Crippen molar-refractivity contribution in [2.24, 2.45) is 63.1 Å². The third kappa shape index (κ3) is 6.25. The minimum Gasteiger partial charge on any atom is -0.508 e. The molecule has 5 heterocycles. The van der Waals surface area contributed by atoms with E-state index in [4.69, 9.17) is 4.74 Å². The molecule has 11 aliphatic rings. The Morgan fingerprint density at radius 1 is 0.955 bits per heavy atom. The van der Waals surface area contributed by atoms with E-state index in [-0.39, 0.29) is 56.2 Å². The molecule has 0 aromatic heterocycles. The fourth-order valence-corrected chi connectivity index (χ4v) is 19.8. The summed E-state index contributed by atoms with van der Waals surface area (Å²) < 4.78 is 6.46. The van der Waals surface area contributed by atoms with Crippen LogP contribution in [0.25, 0.3) is 0 Å². The van der Waals surface area contributed by atoms with Crippen LogP contribution in [0.4, 0.5) is 5.69 Å². The number of phenols is 1. The van der Waals surface area contributed by atoms with Crippen LogP contribution in [0.3, 0.4) is 0 Å². The van der Waals surface area contributed by atoms with Crippen LogP contribution < -0.4 is 4.90 Å². The average molecular weight is 954 g/mol. The zero-order valence-electron chi connectivity index (χ0n) is 38.7. The number of aliphatic hydroxyl groups is 8. The van der Waals surface area contributed by atoms with Gasteiger partial charge in [0.25, 0.3) is 0 Å². The molecule has 12 rings (SSSR count). The molecule has 1 aromatic rings. The van der Waals surface area contributed by atoms with Crippen molar-refractivity contribution in [3.05, 3.63) is 47.6 Å². The molecule has 364 valence electrons. The van der Waals surface area contributed by atoms with Crippen LogP contribution in [0, 0.1) is 63.1 Å². The molecule has 1 aromatic carbocycles. The average Bonchev–Trinajstić information content (AvgIpc) is 3.96. The predicted octanol–water partition coefficient (Wildman–Crippen LogP) is 4.42. The van der Waals surface area contributed by atoms with Crippen LogP contribution in [0.2, 0.25) is 0 Å². The van der Waals surface area contributed by atoms with Crippen LogP contribution in [-0.2, 0) is 20.7 Å². The zero-order valence-corrected chi connectivity index (χ0v) is 40.4. The minimum absolute atomic E-state index is 0.0236. The Labute approximate surface area is 395 Å². The van der Waals surface area contributed by atoms with Gasteiger partial charge in [0.2, 0.25) is 5.91 Å². The van der Waals surface area contributed by atoms with Crippen LogP contribution >= 0.6 is 21.6 Å². The molecular weight excluding hydrogens is 883 g/mol. The van der Waals surface area contributed by atoms with E-state index in [2.05, 4.69) is 26.8 Å². The van der Waals surface area contributed by atoms with Crippen molar-refractivity contribution < 1.29 is 60.3 Å². The van der Waals surface area contributed by atoms with E-state index in [9.17, 15) is 46.0 Å². The van der Waals surface area contributed by atoms with E-state index in [1.807, 2.05) is 19.1 Å². The summed E-state index contributed by atoms with van der Waals surface area (Å²) in [5.41, 5.74) is -10.0. The summed E-state index contributed by atoms with van der Waals surface area (Å²) in [4.78, 5) is 32.5. The molecule has 3 spiro atoms. The number of aromatic hydroxyl groups is 1. The number of anilines is 1. The number of carbonyl (C=O) groups is 2. The second-order valence-electron chi connectivity index (χ2n) is 22.9. The number of rotatable bonds is 6. The predicted molar refractivity (Wildman–Crippen MR) is 250 cm³/mol. The number of allylic oxidation sites excluding steroid dienone is 2. The number of ether oxygens (including phenoxy) is 1. The molecule has 9 N–H and O–H groups in total. The summed E-state index contributed by atoms with van der Waals surface area (Å²) in [5, 5.41) is 108. The highest BCUT2D eigenvalue weighted by Gasteiger charge is 2.79. The number of fused-ring (bicyclic) bond motifs is 1. The maximum absolute atomic E-state index is 15.6. The Morgan fingerprint density at radius 3 is 2.44 bits per heavy atom. The first kappa shape index (κ1) is 47.6. The number of aliphatic hydroxyl groups excluding tert-OH is 5. The standard InChI is InChI=1S/C51H71NO12S2/c1-27(2)28(3)41-42(64-41)50(62)12-6-8-30-19-35-36-21-39(57)49(22-40(58)46(61,26-55)25-45(35,49)4)44(60)66-65-37(24-54)34-9-5-7-31(23-53)47(34)15-16-52(43(47)59)32-17-29(18-33(56)20-32)10-13-48(30)38(50)11-14-51(36,48)63/h6,8,17-18,20-21,27-28,30-31,34-35,37-38,40-42,44,53-56,58,60-63H,5,7,9-16,19,22-26H2,1-4H3/t28-,30-,31+,34-,35+,37-,38+,40-,41+,42-,44-,45-,46-,47-,48-,49+,50-,51-/m1/s1. The van der Waals surface area contributed by atoms with E-state index >= 15 is 9.59 Å². The summed E-state index contributed by atoms with van der Waals surface area (Å²) in [6.45, 7) is 7.24. The molecule has 2 saturated heterocycles. The first-order valence-electron chi connectivity index (χ1n) is 24.7. The van der Waals surface area contributed by atoms with Gasteiger partial charge in [-0.05, 0) is 141 Å². The van der Waals surface area contributed by atoms with Crippen molar-refractivity contribution in [3.63, 3.8) is 0 Å². The molecule has 13 nitrogen and oxygen atoms in total. The van der Waals surface area contributed by atoms with Crippen molar-refractivity contribution in [1.82, 2.24) is 0 Å². The Morgan fingerprint density at radius 2 is 1.73 bits per heavy atom. The van der Waals surface area contributed by atoms with E-state index < -0.39 is 103 Å². The molecule has 8 bridgehead atoms. The number of aryl methyl sites for hydroxylation is 1. The quantitative estimate of drug-likeness (QED) is 0.109. The second-order valence-corrected chi connectivity index (χ2v) is 25.5. The smallest absolute Gasteiger partial charge is 0.233 e. The second kappa shape index (κ2) is 16.3. The highest BCUT2D eigenvalue weighted by atomic mass is 33.1. The normalized spacial score (nSPS) is 49.0. The molecule has 18 atom stereocenters. The number of hydrogen-bond donors (Lipinski definition) is 9. The third-order valence-electron chi connectivity index (χ3n) is 20.3. The van der Waals surface area contributed by atoms with Crippen LogP contribution in [0.1, 0.15) is 104 Å². The van der Waals surface area contributed by atoms with Crippen molar-refractivity contribution in [2.75, 3.05) is 31.3 Å². The van der Waals surface area contributed by atoms with Gasteiger partial charge in [-0.25, -0.2) is 0 Å². The maximum atomic E-state index is 15.6. The van der Waals surface area contributed by atoms with E-state index in [1.165, 1.54) is 16.9 Å². The van der Waals surface area contributed by atoms with Crippen molar-refractivity contribution >= 4 is 39.0 Å². The lowest BCUT2D eigenvalue weighted by molar-refractivity contribution is -0.235. The number of nitrogens with zero attached hydrogens (tertiary/aromatic N) is 1. The molecule has 1 amide bonds. The summed E-state index contributed by atoms with van der Waals surface area (Å²) in [6.07, 6.45) is 7.09. The van der Waals surface area contributed by atoms with Gasteiger partial charge in [-0.2, -0.15) is 0 Å². The van der Waals surface area contributed by atoms with Crippen molar-refractivity contribution in [3.8, 4) is 5.75 Å². The van der Waals surface area contributed by atoms with Gasteiger partial charge < -0.3 is 55.6 Å². The summed E-state index contributed by atoms with van der Waals surface area (Å²) in [6, 6.07) is 5.21. The van der Waals surface area contributed by atoms with E-state index in [1.54, 1.807) is 17.0 Å². The van der Waals surface area contributed by atoms with Crippen molar-refractivity contribution in [1.29, 1.82) is 0 Å². The van der Waals surface area contributed by atoms with Crippen LogP contribution in [-0.4, -0.2) is 130 Å². The lowest BCUT2D eigenvalue weighted by Crippen LogP contribution is -2.72. The number of hydrogen-bond acceptors (Lipinski definition) is 14. The summed E-state index contributed by atoms with van der Waals surface area (Å²) in [5.74, 6) is -2.58. The van der Waals surface area contributed by atoms with Gasteiger partial charge in [0.15, 0.2) is 5.78 Å². The summed E-state index contributed by atoms with van der Waals surface area (Å²) >= 11 is 0. The van der Waals surface area contributed by atoms with Crippen LogP contribution in [0.15, 0.2) is 42.0 Å². The number of ketones is 1. The fourth-order valence-electron chi connectivity index (χ4n) is 16.5. The molecule has 0 radical (unpaired) electrons. The van der Waals surface area contributed by atoms with Gasteiger partial charge in [-0.15, -0.1) is 0 Å². The number of amides is 1. The zero-order chi connectivity index (χ0) is 47.1. The van der Waals surface area contributed by atoms with E-state index in [0.717, 1.165) is 16.4 Å². The van der Waals surface area contributed by atoms with Crippen LogP contribution in [0.5, 0.6) is 5.75 Å². The molecule has 0 unspecified atom stereocenters. The number of benzene rings is 1. The van der Waals surface area contributed by atoms with Gasteiger partial charge >= 0.3 is 0 Å². The Bertz CT molecular complexity index is 2190. The molecular formula is C51H71NO12S2. The number of phenolic OH excluding ortho intramolecular Hbond substituents is 1. The van der Waals surface area contributed by atoms with E-state index in [0.29, 0.717) is 81.5 Å².